The quantitative estimate of drug-likeness (QED) is 0.759. The van der Waals surface area contributed by atoms with Crippen molar-refractivity contribution in [3.63, 3.8) is 0 Å². The Morgan fingerprint density at radius 1 is 1.31 bits per heavy atom. The molecule has 0 heterocycles. The molecular weight excluding hydrogens is 210 g/mol. The maximum atomic E-state index is 11.5. The van der Waals surface area contributed by atoms with Crippen LogP contribution < -0.4 is 5.32 Å². The molecule has 0 saturated heterocycles. The number of hydrogen-bond donors (Lipinski definition) is 2. The number of rotatable bonds is 4. The highest BCUT2D eigenvalue weighted by Crippen LogP contribution is 2.07. The Balaban J connectivity index is 4.34. The Morgan fingerprint density at radius 2 is 1.81 bits per heavy atom. The third kappa shape index (κ3) is 5.70. The Kier molecular flexibility index (Phi) is 5.44. The largest absolute Gasteiger partial charge is 0.444 e. The number of carbonyl (C=O) groups excluding carboxylic acids is 2. The summed E-state index contributed by atoms with van der Waals surface area (Å²) >= 11 is 0. The molecule has 0 bridgehead atoms. The maximum Gasteiger partial charge on any atom is 0.408 e. The SMILES string of the molecule is CC(C)C(=O)[C@H](CO)NC(=O)OC(C)(C)C. The number of alkyl carbamates (subject to hydrolysis) is 1. The number of carbonyl (C=O) groups is 2. The fraction of sp³-hybridized carbons (Fsp3) is 0.818. The summed E-state index contributed by atoms with van der Waals surface area (Å²) in [5, 5.41) is 11.3. The highest BCUT2D eigenvalue weighted by Gasteiger charge is 2.25. The van der Waals surface area contributed by atoms with Crippen LogP contribution in [-0.2, 0) is 9.53 Å². The molecule has 0 aliphatic rings. The molecule has 1 atom stereocenters. The summed E-state index contributed by atoms with van der Waals surface area (Å²) in [6, 6.07) is -0.894. The van der Waals surface area contributed by atoms with Crippen LogP contribution in [0.4, 0.5) is 4.79 Å². The number of nitrogens with one attached hydrogen (secondary N) is 1. The predicted molar refractivity (Wildman–Crippen MR) is 60.1 cm³/mol. The first-order chi connectivity index (χ1) is 7.17. The summed E-state index contributed by atoms with van der Waals surface area (Å²) in [5.41, 5.74) is -0.620. The molecule has 1 amide bonds. The molecular formula is C11H21NO4. The summed E-state index contributed by atoms with van der Waals surface area (Å²) in [5.74, 6) is -0.458. The second kappa shape index (κ2) is 5.84. The van der Waals surface area contributed by atoms with E-state index in [4.69, 9.17) is 9.84 Å². The van der Waals surface area contributed by atoms with Gasteiger partial charge in [-0.2, -0.15) is 0 Å². The lowest BCUT2D eigenvalue weighted by atomic mass is 10.0. The van der Waals surface area contributed by atoms with Crippen LogP contribution in [0.15, 0.2) is 0 Å². The van der Waals surface area contributed by atoms with Crippen molar-refractivity contribution < 1.29 is 19.4 Å². The molecule has 0 aliphatic heterocycles. The van der Waals surface area contributed by atoms with E-state index < -0.39 is 24.3 Å². The van der Waals surface area contributed by atoms with Gasteiger partial charge in [-0.3, -0.25) is 4.79 Å². The van der Waals surface area contributed by atoms with E-state index in [1.54, 1.807) is 34.6 Å². The average molecular weight is 231 g/mol. The van der Waals surface area contributed by atoms with E-state index in [2.05, 4.69) is 5.32 Å². The van der Waals surface area contributed by atoms with Gasteiger partial charge in [0.25, 0.3) is 0 Å². The minimum atomic E-state index is -0.894. The lowest BCUT2D eigenvalue weighted by Gasteiger charge is -2.22. The Labute approximate surface area is 96.2 Å². The van der Waals surface area contributed by atoms with Gasteiger partial charge in [-0.05, 0) is 20.8 Å². The zero-order chi connectivity index (χ0) is 12.9. The number of ketones is 1. The highest BCUT2D eigenvalue weighted by molar-refractivity contribution is 5.88. The number of hydrogen-bond acceptors (Lipinski definition) is 4. The van der Waals surface area contributed by atoms with Crippen LogP contribution in [0.25, 0.3) is 0 Å². The molecule has 16 heavy (non-hydrogen) atoms. The molecule has 5 nitrogen and oxygen atoms in total. The molecule has 5 heteroatoms. The molecule has 0 spiro atoms. The first-order valence-electron chi connectivity index (χ1n) is 5.31. The van der Waals surface area contributed by atoms with Crippen LogP contribution in [-0.4, -0.2) is 35.2 Å². The van der Waals surface area contributed by atoms with E-state index >= 15 is 0 Å². The van der Waals surface area contributed by atoms with Crippen LogP contribution in [0.2, 0.25) is 0 Å². The third-order valence-corrected chi connectivity index (χ3v) is 1.79. The van der Waals surface area contributed by atoms with Gasteiger partial charge in [0.1, 0.15) is 11.6 Å². The summed E-state index contributed by atoms with van der Waals surface area (Å²) < 4.78 is 4.99. The van der Waals surface area contributed by atoms with Gasteiger partial charge in [0, 0.05) is 5.92 Å². The highest BCUT2D eigenvalue weighted by atomic mass is 16.6. The van der Waals surface area contributed by atoms with E-state index in [9.17, 15) is 9.59 Å². The third-order valence-electron chi connectivity index (χ3n) is 1.79. The molecule has 0 aromatic carbocycles. The fourth-order valence-electron chi connectivity index (χ4n) is 1.06. The normalized spacial score (nSPS) is 13.4. The van der Waals surface area contributed by atoms with Gasteiger partial charge in [0.05, 0.1) is 6.61 Å². The van der Waals surface area contributed by atoms with Crippen LogP contribution in [0.5, 0.6) is 0 Å². The minimum absolute atomic E-state index is 0.214. The van der Waals surface area contributed by atoms with Gasteiger partial charge >= 0.3 is 6.09 Å². The van der Waals surface area contributed by atoms with Gasteiger partial charge in [0.2, 0.25) is 0 Å². The fourth-order valence-corrected chi connectivity index (χ4v) is 1.06. The van der Waals surface area contributed by atoms with Gasteiger partial charge in [-0.25, -0.2) is 4.79 Å². The number of ether oxygens (including phenoxy) is 1. The van der Waals surface area contributed by atoms with Gasteiger partial charge < -0.3 is 15.2 Å². The van der Waals surface area contributed by atoms with Crippen LogP contribution >= 0.6 is 0 Å². The molecule has 0 unspecified atom stereocenters. The second-order valence-electron chi connectivity index (χ2n) is 4.94. The van der Waals surface area contributed by atoms with Gasteiger partial charge in [0.15, 0.2) is 5.78 Å². The summed E-state index contributed by atoms with van der Waals surface area (Å²) in [6.45, 7) is 8.18. The molecule has 0 aromatic heterocycles. The first-order valence-corrected chi connectivity index (χ1v) is 5.31. The summed E-state index contributed by atoms with van der Waals surface area (Å²) in [6.07, 6.45) is -0.694. The minimum Gasteiger partial charge on any atom is -0.444 e. The standard InChI is InChI=1S/C11H21NO4/c1-7(2)9(14)8(6-13)12-10(15)16-11(3,4)5/h7-8,13H,6H2,1-5H3,(H,12,15)/t8-/m0/s1. The molecule has 0 fully saturated rings. The molecule has 0 saturated carbocycles. The van der Waals surface area contributed by atoms with Crippen molar-refractivity contribution in [1.82, 2.24) is 5.32 Å². The van der Waals surface area contributed by atoms with Crippen molar-refractivity contribution in [3.8, 4) is 0 Å². The summed E-state index contributed by atoms with van der Waals surface area (Å²) in [4.78, 5) is 22.9. The van der Waals surface area contributed by atoms with Crippen molar-refractivity contribution in [2.24, 2.45) is 5.92 Å². The van der Waals surface area contributed by atoms with E-state index in [-0.39, 0.29) is 11.7 Å². The van der Waals surface area contributed by atoms with Crippen LogP contribution in [0.3, 0.4) is 0 Å². The zero-order valence-electron chi connectivity index (χ0n) is 10.5. The number of aliphatic hydroxyl groups is 1. The average Bonchev–Trinajstić information content (AvgIpc) is 2.09. The van der Waals surface area contributed by atoms with E-state index in [1.807, 2.05) is 0 Å². The Bertz CT molecular complexity index is 255. The van der Waals surface area contributed by atoms with Crippen molar-refractivity contribution >= 4 is 11.9 Å². The number of Topliss-reactive ketones (excluding diaryl/α,β-unsaturated/α-hetero) is 1. The van der Waals surface area contributed by atoms with Crippen molar-refractivity contribution in [1.29, 1.82) is 0 Å². The first kappa shape index (κ1) is 14.9. The lowest BCUT2D eigenvalue weighted by molar-refractivity contribution is -0.124. The molecule has 94 valence electrons. The summed E-state index contributed by atoms with van der Waals surface area (Å²) in [7, 11) is 0. The predicted octanol–water partition coefficient (Wildman–Crippen LogP) is 1.10. The van der Waals surface area contributed by atoms with Gasteiger partial charge in [-0.1, -0.05) is 13.8 Å². The molecule has 0 aromatic rings. The number of aliphatic hydroxyl groups excluding tert-OH is 1. The smallest absolute Gasteiger partial charge is 0.408 e. The monoisotopic (exact) mass is 231 g/mol. The van der Waals surface area contributed by atoms with Crippen molar-refractivity contribution in [2.75, 3.05) is 6.61 Å². The number of amides is 1. The second-order valence-corrected chi connectivity index (χ2v) is 4.94. The van der Waals surface area contributed by atoms with Crippen molar-refractivity contribution in [2.45, 2.75) is 46.3 Å². The van der Waals surface area contributed by atoms with Crippen molar-refractivity contribution in [3.05, 3.63) is 0 Å². The Morgan fingerprint density at radius 3 is 2.12 bits per heavy atom. The van der Waals surface area contributed by atoms with Crippen LogP contribution in [0, 0.1) is 5.92 Å². The van der Waals surface area contributed by atoms with E-state index in [0.717, 1.165) is 0 Å². The molecule has 0 aliphatic carbocycles. The zero-order valence-corrected chi connectivity index (χ0v) is 10.5. The molecule has 0 radical (unpaired) electrons. The van der Waals surface area contributed by atoms with E-state index in [1.165, 1.54) is 0 Å². The molecule has 0 rings (SSSR count). The van der Waals surface area contributed by atoms with Gasteiger partial charge in [-0.15, -0.1) is 0 Å². The lowest BCUT2D eigenvalue weighted by Crippen LogP contribution is -2.46. The maximum absolute atomic E-state index is 11.5. The topological polar surface area (TPSA) is 75.6 Å². The van der Waals surface area contributed by atoms with Crippen LogP contribution in [0.1, 0.15) is 34.6 Å². The van der Waals surface area contributed by atoms with E-state index in [0.29, 0.717) is 0 Å². The molecule has 2 N–H and O–H groups in total. The Hall–Kier alpha value is -1.10.